The van der Waals surface area contributed by atoms with Crippen LogP contribution in [0.2, 0.25) is 0 Å². The number of carbonyl (C=O) groups is 1. The highest BCUT2D eigenvalue weighted by Crippen LogP contribution is 2.01. The van der Waals surface area contributed by atoms with Crippen LogP contribution in [0, 0.1) is 13.8 Å². The minimum Gasteiger partial charge on any atom is -0.364 e. The molecule has 0 atom stereocenters. The SMILES string of the molecule is Cc1cc(C)c(=O)[nH]c1C(N)=O. The molecule has 1 aromatic heterocycles. The van der Waals surface area contributed by atoms with Gasteiger partial charge in [-0.05, 0) is 25.5 Å². The summed E-state index contributed by atoms with van der Waals surface area (Å²) in [7, 11) is 0. The van der Waals surface area contributed by atoms with Gasteiger partial charge in [0.15, 0.2) is 0 Å². The number of aromatic nitrogens is 1. The van der Waals surface area contributed by atoms with E-state index < -0.39 is 5.91 Å². The van der Waals surface area contributed by atoms with E-state index in [1.165, 1.54) is 0 Å². The minimum atomic E-state index is -0.607. The molecular formula is C8H10N2O2. The van der Waals surface area contributed by atoms with E-state index in [0.717, 1.165) is 0 Å². The van der Waals surface area contributed by atoms with Crippen LogP contribution in [0.3, 0.4) is 0 Å². The second kappa shape index (κ2) is 2.81. The summed E-state index contributed by atoms with van der Waals surface area (Å²) >= 11 is 0. The van der Waals surface area contributed by atoms with Crippen molar-refractivity contribution in [3.8, 4) is 0 Å². The highest BCUT2D eigenvalue weighted by atomic mass is 16.1. The predicted octanol–water partition coefficient (Wildman–Crippen LogP) is 0.0906. The Kier molecular flexibility index (Phi) is 1.99. The zero-order valence-electron chi connectivity index (χ0n) is 6.97. The van der Waals surface area contributed by atoms with Gasteiger partial charge < -0.3 is 10.7 Å². The molecule has 0 radical (unpaired) electrons. The van der Waals surface area contributed by atoms with Crippen LogP contribution in [0.25, 0.3) is 0 Å². The quantitative estimate of drug-likeness (QED) is 0.620. The van der Waals surface area contributed by atoms with Gasteiger partial charge in [-0.25, -0.2) is 0 Å². The molecule has 12 heavy (non-hydrogen) atoms. The Morgan fingerprint density at radius 3 is 2.50 bits per heavy atom. The standard InChI is InChI=1S/C8H10N2O2/c1-4-3-5(2)8(12)10-6(4)7(9)11/h3H,1-2H3,(H2,9,11)(H,10,12). The van der Waals surface area contributed by atoms with Gasteiger partial charge in [-0.3, -0.25) is 9.59 Å². The van der Waals surface area contributed by atoms with Crippen molar-refractivity contribution in [2.45, 2.75) is 13.8 Å². The molecule has 0 unspecified atom stereocenters. The summed E-state index contributed by atoms with van der Waals surface area (Å²) in [6.45, 7) is 3.40. The number of H-pyrrole nitrogens is 1. The van der Waals surface area contributed by atoms with Gasteiger partial charge in [0.2, 0.25) is 0 Å². The molecule has 0 aliphatic rings. The average molecular weight is 166 g/mol. The van der Waals surface area contributed by atoms with E-state index in [2.05, 4.69) is 4.98 Å². The van der Waals surface area contributed by atoms with Crippen molar-refractivity contribution in [3.63, 3.8) is 0 Å². The molecule has 3 N–H and O–H groups in total. The maximum atomic E-state index is 11.0. The van der Waals surface area contributed by atoms with Crippen molar-refractivity contribution in [1.29, 1.82) is 0 Å². The fourth-order valence-electron chi connectivity index (χ4n) is 1.03. The Labute approximate surface area is 69.4 Å². The number of hydrogen-bond acceptors (Lipinski definition) is 2. The molecular weight excluding hydrogens is 156 g/mol. The van der Waals surface area contributed by atoms with Gasteiger partial charge in [0.25, 0.3) is 11.5 Å². The van der Waals surface area contributed by atoms with Crippen LogP contribution < -0.4 is 11.3 Å². The zero-order valence-corrected chi connectivity index (χ0v) is 6.97. The summed E-state index contributed by atoms with van der Waals surface area (Å²) in [4.78, 5) is 24.2. The number of aromatic amines is 1. The van der Waals surface area contributed by atoms with Crippen molar-refractivity contribution in [1.82, 2.24) is 4.98 Å². The second-order valence-electron chi connectivity index (χ2n) is 2.70. The van der Waals surface area contributed by atoms with E-state index in [-0.39, 0.29) is 11.3 Å². The molecule has 4 nitrogen and oxygen atoms in total. The third-order valence-corrected chi connectivity index (χ3v) is 1.67. The fourth-order valence-corrected chi connectivity index (χ4v) is 1.03. The molecule has 1 amide bonds. The molecule has 0 aromatic carbocycles. The van der Waals surface area contributed by atoms with Crippen molar-refractivity contribution < 1.29 is 4.79 Å². The van der Waals surface area contributed by atoms with Crippen LogP contribution in [-0.4, -0.2) is 10.9 Å². The van der Waals surface area contributed by atoms with Gasteiger partial charge in [-0.15, -0.1) is 0 Å². The molecule has 0 saturated heterocycles. The summed E-state index contributed by atoms with van der Waals surface area (Å²) in [5.74, 6) is -0.607. The third kappa shape index (κ3) is 1.37. The largest absolute Gasteiger partial charge is 0.364 e. The molecule has 1 aromatic rings. The van der Waals surface area contributed by atoms with Crippen LogP contribution in [-0.2, 0) is 0 Å². The lowest BCUT2D eigenvalue weighted by atomic mass is 10.1. The molecule has 0 bridgehead atoms. The number of primary amides is 1. The maximum absolute atomic E-state index is 11.0. The number of amides is 1. The summed E-state index contributed by atoms with van der Waals surface area (Å²) < 4.78 is 0. The first-order valence-corrected chi connectivity index (χ1v) is 3.52. The molecule has 0 aliphatic heterocycles. The third-order valence-electron chi connectivity index (χ3n) is 1.67. The number of carbonyl (C=O) groups excluding carboxylic acids is 1. The van der Waals surface area contributed by atoms with Crippen LogP contribution in [0.1, 0.15) is 21.6 Å². The number of hydrogen-bond donors (Lipinski definition) is 2. The Morgan fingerprint density at radius 2 is 2.00 bits per heavy atom. The molecule has 64 valence electrons. The normalized spacial score (nSPS) is 9.83. The van der Waals surface area contributed by atoms with Crippen molar-refractivity contribution in [2.24, 2.45) is 5.73 Å². The second-order valence-corrected chi connectivity index (χ2v) is 2.70. The average Bonchev–Trinajstić information content (AvgIpc) is 1.96. The van der Waals surface area contributed by atoms with Gasteiger partial charge >= 0.3 is 0 Å². The number of nitrogens with one attached hydrogen (secondary N) is 1. The van der Waals surface area contributed by atoms with Gasteiger partial charge in [0.1, 0.15) is 5.69 Å². The molecule has 1 rings (SSSR count). The first-order chi connectivity index (χ1) is 5.52. The van der Waals surface area contributed by atoms with Gasteiger partial charge in [0, 0.05) is 5.56 Å². The lowest BCUT2D eigenvalue weighted by Crippen LogP contribution is -2.21. The summed E-state index contributed by atoms with van der Waals surface area (Å²) in [5.41, 5.74) is 6.22. The fraction of sp³-hybridized carbons (Fsp3) is 0.250. The Bertz CT molecular complexity index is 379. The van der Waals surface area contributed by atoms with E-state index in [1.54, 1.807) is 19.9 Å². The van der Waals surface area contributed by atoms with E-state index in [9.17, 15) is 9.59 Å². The molecule has 0 saturated carbocycles. The van der Waals surface area contributed by atoms with Crippen molar-refractivity contribution in [2.75, 3.05) is 0 Å². The van der Waals surface area contributed by atoms with Gasteiger partial charge in [0.05, 0.1) is 0 Å². The monoisotopic (exact) mass is 166 g/mol. The smallest absolute Gasteiger partial charge is 0.265 e. The first-order valence-electron chi connectivity index (χ1n) is 3.52. The van der Waals surface area contributed by atoms with Gasteiger partial charge in [-0.1, -0.05) is 0 Å². The highest BCUT2D eigenvalue weighted by molar-refractivity contribution is 5.92. The lowest BCUT2D eigenvalue weighted by molar-refractivity contribution is 0.0994. The molecule has 0 fully saturated rings. The number of nitrogens with two attached hydrogens (primary N) is 1. The van der Waals surface area contributed by atoms with Crippen LogP contribution >= 0.6 is 0 Å². The van der Waals surface area contributed by atoms with Crippen LogP contribution in [0.15, 0.2) is 10.9 Å². The zero-order chi connectivity index (χ0) is 9.30. The maximum Gasteiger partial charge on any atom is 0.265 e. The van der Waals surface area contributed by atoms with E-state index in [0.29, 0.717) is 11.1 Å². The number of rotatable bonds is 1. The lowest BCUT2D eigenvalue weighted by Gasteiger charge is -2.01. The topological polar surface area (TPSA) is 75.9 Å². The van der Waals surface area contributed by atoms with E-state index >= 15 is 0 Å². The first kappa shape index (κ1) is 8.52. The van der Waals surface area contributed by atoms with Crippen molar-refractivity contribution >= 4 is 5.91 Å². The number of pyridine rings is 1. The minimum absolute atomic E-state index is 0.186. The van der Waals surface area contributed by atoms with Crippen molar-refractivity contribution in [3.05, 3.63) is 33.2 Å². The van der Waals surface area contributed by atoms with E-state index in [1.807, 2.05) is 0 Å². The Morgan fingerprint density at radius 1 is 1.42 bits per heavy atom. The molecule has 0 spiro atoms. The van der Waals surface area contributed by atoms with E-state index in [4.69, 9.17) is 5.73 Å². The Balaban J connectivity index is 3.43. The van der Waals surface area contributed by atoms with Gasteiger partial charge in [-0.2, -0.15) is 0 Å². The summed E-state index contributed by atoms with van der Waals surface area (Å²) in [6, 6.07) is 1.64. The molecule has 0 aliphatic carbocycles. The molecule has 4 heteroatoms. The summed E-state index contributed by atoms with van der Waals surface area (Å²) in [6.07, 6.45) is 0. The Hall–Kier alpha value is -1.58. The predicted molar refractivity (Wildman–Crippen MR) is 45.1 cm³/mol. The number of aryl methyl sites for hydroxylation is 2. The summed E-state index contributed by atoms with van der Waals surface area (Å²) in [5, 5.41) is 0. The van der Waals surface area contributed by atoms with Crippen LogP contribution in [0.4, 0.5) is 0 Å². The highest BCUT2D eigenvalue weighted by Gasteiger charge is 2.06. The molecule has 1 heterocycles. The van der Waals surface area contributed by atoms with Crippen LogP contribution in [0.5, 0.6) is 0 Å².